The van der Waals surface area contributed by atoms with E-state index in [-0.39, 0.29) is 11.7 Å². The first kappa shape index (κ1) is 20.3. The number of hydrogen-bond donors (Lipinski definition) is 1. The Balaban J connectivity index is 1.54. The fourth-order valence-electron chi connectivity index (χ4n) is 2.49. The van der Waals surface area contributed by atoms with Crippen molar-refractivity contribution in [2.75, 3.05) is 11.1 Å². The summed E-state index contributed by atoms with van der Waals surface area (Å²) in [6.07, 6.45) is 0.800. The monoisotopic (exact) mass is 418 g/mol. The van der Waals surface area contributed by atoms with Crippen molar-refractivity contribution < 1.29 is 9.53 Å². The Kier molecular flexibility index (Phi) is 6.63. The Morgan fingerprint density at radius 3 is 2.64 bits per heavy atom. The second-order valence-electron chi connectivity index (χ2n) is 6.16. The lowest BCUT2D eigenvalue weighted by atomic mass is 10.1. The number of ether oxygens (including phenoxy) is 1. The van der Waals surface area contributed by atoms with E-state index in [9.17, 15) is 4.79 Å². The van der Waals surface area contributed by atoms with Gasteiger partial charge in [0.1, 0.15) is 17.4 Å². The molecule has 1 aromatic carbocycles. The van der Waals surface area contributed by atoms with Gasteiger partial charge in [0.2, 0.25) is 11.0 Å². The van der Waals surface area contributed by atoms with Crippen molar-refractivity contribution in [1.29, 1.82) is 0 Å². The van der Waals surface area contributed by atoms with E-state index in [0.717, 1.165) is 28.3 Å². The van der Waals surface area contributed by atoms with E-state index in [4.69, 9.17) is 4.74 Å². The molecular weight excluding hydrogens is 396 g/mol. The lowest BCUT2D eigenvalue weighted by Gasteiger charge is -2.11. The summed E-state index contributed by atoms with van der Waals surface area (Å²) in [6.45, 7) is 6.34. The van der Waals surface area contributed by atoms with Crippen LogP contribution in [0.1, 0.15) is 28.9 Å². The fourth-order valence-corrected chi connectivity index (χ4v) is 3.92. The van der Waals surface area contributed by atoms with Crippen LogP contribution in [0.3, 0.4) is 0 Å². The first-order valence-corrected chi connectivity index (χ1v) is 10.6. The van der Waals surface area contributed by atoms with Crippen LogP contribution in [0.4, 0.5) is 5.13 Å². The van der Waals surface area contributed by atoms with E-state index in [1.807, 2.05) is 50.6 Å². The molecule has 1 amide bonds. The molecule has 0 saturated carbocycles. The molecule has 8 nitrogen and oxygen atoms in total. The SMILES string of the molecule is CCc1nnc(NC(=O)CSc2nnc(COc3c(C)cccc3C)n2C)s1. The summed E-state index contributed by atoms with van der Waals surface area (Å²) in [5, 5.41) is 21.1. The van der Waals surface area contributed by atoms with E-state index in [0.29, 0.717) is 22.7 Å². The maximum atomic E-state index is 12.1. The van der Waals surface area contributed by atoms with Crippen LogP contribution in [0.5, 0.6) is 5.75 Å². The van der Waals surface area contributed by atoms with Crippen LogP contribution < -0.4 is 10.1 Å². The van der Waals surface area contributed by atoms with Crippen LogP contribution in [-0.4, -0.2) is 36.6 Å². The second kappa shape index (κ2) is 9.16. The van der Waals surface area contributed by atoms with Crippen LogP contribution in [-0.2, 0) is 24.9 Å². The number of aryl methyl sites for hydroxylation is 3. The molecule has 0 aliphatic heterocycles. The second-order valence-corrected chi connectivity index (χ2v) is 8.16. The smallest absolute Gasteiger partial charge is 0.236 e. The number of benzene rings is 1. The number of nitrogens with zero attached hydrogens (tertiary/aromatic N) is 5. The predicted molar refractivity (Wildman–Crippen MR) is 110 cm³/mol. The molecule has 0 aliphatic rings. The molecule has 0 unspecified atom stereocenters. The van der Waals surface area contributed by atoms with Gasteiger partial charge in [-0.25, -0.2) is 0 Å². The molecule has 0 aliphatic carbocycles. The first-order chi connectivity index (χ1) is 13.5. The normalized spacial score (nSPS) is 10.9. The Morgan fingerprint density at radius 2 is 1.96 bits per heavy atom. The van der Waals surface area contributed by atoms with Crippen LogP contribution in [0, 0.1) is 13.8 Å². The van der Waals surface area contributed by atoms with Gasteiger partial charge in [-0.2, -0.15) is 0 Å². The molecule has 0 saturated heterocycles. The minimum Gasteiger partial charge on any atom is -0.485 e. The van der Waals surface area contributed by atoms with E-state index in [1.54, 1.807) is 0 Å². The first-order valence-electron chi connectivity index (χ1n) is 8.80. The van der Waals surface area contributed by atoms with Gasteiger partial charge in [-0.1, -0.05) is 48.2 Å². The molecular formula is C18H22N6O2S2. The van der Waals surface area contributed by atoms with Crippen LogP contribution in [0.15, 0.2) is 23.4 Å². The lowest BCUT2D eigenvalue weighted by Crippen LogP contribution is -2.14. The van der Waals surface area contributed by atoms with Gasteiger partial charge in [-0.15, -0.1) is 20.4 Å². The fraction of sp³-hybridized carbons (Fsp3) is 0.389. The maximum Gasteiger partial charge on any atom is 0.236 e. The number of rotatable bonds is 8. The summed E-state index contributed by atoms with van der Waals surface area (Å²) in [5.41, 5.74) is 2.16. The number of thioether (sulfide) groups is 1. The highest BCUT2D eigenvalue weighted by molar-refractivity contribution is 7.99. The van der Waals surface area contributed by atoms with Crippen molar-refractivity contribution in [2.45, 2.75) is 39.0 Å². The predicted octanol–water partition coefficient (Wildman–Crippen LogP) is 3.16. The molecule has 10 heteroatoms. The zero-order valence-corrected chi connectivity index (χ0v) is 17.9. The zero-order valence-electron chi connectivity index (χ0n) is 16.2. The van der Waals surface area contributed by atoms with E-state index in [1.165, 1.54) is 23.1 Å². The summed E-state index contributed by atoms with van der Waals surface area (Å²) in [6, 6.07) is 6.03. The molecule has 1 N–H and O–H groups in total. The van der Waals surface area contributed by atoms with Gasteiger partial charge in [-0.05, 0) is 31.4 Å². The number of carbonyl (C=O) groups is 1. The Hall–Kier alpha value is -2.46. The summed E-state index contributed by atoms with van der Waals surface area (Å²) in [5.74, 6) is 1.62. The number of aromatic nitrogens is 5. The van der Waals surface area contributed by atoms with Gasteiger partial charge in [0.05, 0.1) is 5.75 Å². The lowest BCUT2D eigenvalue weighted by molar-refractivity contribution is -0.113. The van der Waals surface area contributed by atoms with Gasteiger partial charge in [0.25, 0.3) is 0 Å². The van der Waals surface area contributed by atoms with Gasteiger partial charge in [-0.3, -0.25) is 10.1 Å². The number of amides is 1. The van der Waals surface area contributed by atoms with Gasteiger partial charge in [0, 0.05) is 7.05 Å². The molecule has 148 valence electrons. The third-order valence-corrected chi connectivity index (χ3v) is 6.03. The largest absolute Gasteiger partial charge is 0.485 e. The molecule has 0 spiro atoms. The van der Waals surface area contributed by atoms with Crippen molar-refractivity contribution in [3.8, 4) is 5.75 Å². The van der Waals surface area contributed by atoms with Crippen molar-refractivity contribution in [3.63, 3.8) is 0 Å². The Bertz CT molecular complexity index is 949. The molecule has 28 heavy (non-hydrogen) atoms. The molecule has 2 heterocycles. The standard InChI is InChI=1S/C18H22N6O2S2/c1-5-15-21-22-17(28-15)19-14(25)10-27-18-23-20-13(24(18)4)9-26-16-11(2)7-6-8-12(16)3/h6-8H,5,9-10H2,1-4H3,(H,19,22,25). The summed E-state index contributed by atoms with van der Waals surface area (Å²) < 4.78 is 7.78. The third-order valence-electron chi connectivity index (χ3n) is 4.03. The number of anilines is 1. The molecule has 2 aromatic heterocycles. The number of hydrogen-bond acceptors (Lipinski definition) is 8. The molecule has 3 aromatic rings. The molecule has 0 bridgehead atoms. The summed E-state index contributed by atoms with van der Waals surface area (Å²) in [7, 11) is 1.86. The Labute approximate surface area is 171 Å². The van der Waals surface area contributed by atoms with Crippen molar-refractivity contribution >= 4 is 34.1 Å². The molecule has 3 rings (SSSR count). The summed E-state index contributed by atoms with van der Waals surface area (Å²) >= 11 is 2.70. The van der Waals surface area contributed by atoms with Crippen LogP contribution in [0.25, 0.3) is 0 Å². The zero-order chi connectivity index (χ0) is 20.1. The number of para-hydroxylation sites is 1. The van der Waals surface area contributed by atoms with Crippen molar-refractivity contribution in [3.05, 3.63) is 40.2 Å². The number of carbonyl (C=O) groups excluding carboxylic acids is 1. The van der Waals surface area contributed by atoms with E-state index >= 15 is 0 Å². The van der Waals surface area contributed by atoms with Crippen LogP contribution >= 0.6 is 23.1 Å². The Morgan fingerprint density at radius 1 is 1.21 bits per heavy atom. The van der Waals surface area contributed by atoms with Gasteiger partial charge in [0.15, 0.2) is 11.0 Å². The highest BCUT2D eigenvalue weighted by Crippen LogP contribution is 2.24. The topological polar surface area (TPSA) is 94.8 Å². The molecule has 0 fully saturated rings. The minimum atomic E-state index is -0.153. The minimum absolute atomic E-state index is 0.153. The van der Waals surface area contributed by atoms with Gasteiger partial charge >= 0.3 is 0 Å². The van der Waals surface area contributed by atoms with Crippen LogP contribution in [0.2, 0.25) is 0 Å². The summed E-state index contributed by atoms with van der Waals surface area (Å²) in [4.78, 5) is 12.1. The molecule has 0 radical (unpaired) electrons. The quantitative estimate of drug-likeness (QED) is 0.562. The maximum absolute atomic E-state index is 12.1. The third kappa shape index (κ3) is 4.87. The van der Waals surface area contributed by atoms with E-state index < -0.39 is 0 Å². The molecule has 0 atom stereocenters. The highest BCUT2D eigenvalue weighted by Gasteiger charge is 2.14. The average Bonchev–Trinajstić information content (AvgIpc) is 3.26. The van der Waals surface area contributed by atoms with Crippen molar-refractivity contribution in [2.24, 2.45) is 7.05 Å². The highest BCUT2D eigenvalue weighted by atomic mass is 32.2. The van der Waals surface area contributed by atoms with E-state index in [2.05, 4.69) is 25.7 Å². The average molecular weight is 419 g/mol. The van der Waals surface area contributed by atoms with Crippen molar-refractivity contribution in [1.82, 2.24) is 25.0 Å². The number of nitrogens with one attached hydrogen (secondary N) is 1. The van der Waals surface area contributed by atoms with Gasteiger partial charge < -0.3 is 9.30 Å².